The first-order chi connectivity index (χ1) is 11.1. The normalized spacial score (nSPS) is 11.6. The number of benzene rings is 1. The van der Waals surface area contributed by atoms with Crippen LogP contribution in [0.4, 0.5) is 19.0 Å². The molecule has 2 N–H and O–H groups in total. The first kappa shape index (κ1) is 15.1. The second-order valence-corrected chi connectivity index (χ2v) is 4.62. The summed E-state index contributed by atoms with van der Waals surface area (Å²) in [5, 5.41) is 10.2. The van der Waals surface area contributed by atoms with E-state index in [1.54, 1.807) is 6.20 Å². The molecule has 1 aromatic carbocycles. The monoisotopic (exact) mass is 323 g/mol. The van der Waals surface area contributed by atoms with Gasteiger partial charge in [0.1, 0.15) is 24.5 Å². The average Bonchev–Trinajstić information content (AvgIpc) is 3.00. The number of hydrogen-bond acceptors (Lipinski definition) is 5. The van der Waals surface area contributed by atoms with Gasteiger partial charge < -0.3 is 10.1 Å². The van der Waals surface area contributed by atoms with Crippen molar-refractivity contribution in [3.8, 4) is 5.75 Å². The minimum atomic E-state index is -4.44. The predicted molar refractivity (Wildman–Crippen MR) is 77.1 cm³/mol. The van der Waals surface area contributed by atoms with Crippen LogP contribution in [-0.4, -0.2) is 33.3 Å². The first-order valence-electron chi connectivity index (χ1n) is 6.72. The van der Waals surface area contributed by atoms with E-state index in [9.17, 15) is 13.2 Å². The second-order valence-electron chi connectivity index (χ2n) is 4.62. The molecule has 0 amide bonds. The largest absolute Gasteiger partial charge is 0.491 e. The van der Waals surface area contributed by atoms with Gasteiger partial charge in [-0.3, -0.25) is 5.10 Å². The molecule has 120 valence electrons. The van der Waals surface area contributed by atoms with Crippen LogP contribution in [0.25, 0.3) is 11.0 Å². The van der Waals surface area contributed by atoms with Crippen LogP contribution < -0.4 is 10.1 Å². The highest BCUT2D eigenvalue weighted by molar-refractivity contribution is 5.85. The lowest BCUT2D eigenvalue weighted by atomic mass is 10.2. The lowest BCUT2D eigenvalue weighted by Gasteiger charge is -2.14. The summed E-state index contributed by atoms with van der Waals surface area (Å²) in [5.74, 6) is 0.342. The van der Waals surface area contributed by atoms with Gasteiger partial charge in [0.05, 0.1) is 23.7 Å². The van der Waals surface area contributed by atoms with E-state index in [0.717, 1.165) is 6.07 Å². The predicted octanol–water partition coefficient (Wildman–Crippen LogP) is 2.86. The Balaban J connectivity index is 1.62. The molecule has 23 heavy (non-hydrogen) atoms. The zero-order valence-corrected chi connectivity index (χ0v) is 11.8. The van der Waals surface area contributed by atoms with Crippen molar-refractivity contribution in [2.24, 2.45) is 0 Å². The fourth-order valence-electron chi connectivity index (χ4n) is 2.06. The summed E-state index contributed by atoms with van der Waals surface area (Å²) in [4.78, 5) is 8.05. The molecular weight excluding hydrogens is 311 g/mol. The lowest BCUT2D eigenvalue weighted by molar-refractivity contribution is -0.138. The van der Waals surface area contributed by atoms with Crippen molar-refractivity contribution in [2.75, 3.05) is 18.5 Å². The summed E-state index contributed by atoms with van der Waals surface area (Å²) in [5.41, 5.74) is -0.218. The molecule has 0 bridgehead atoms. The number of ether oxygens (including phenoxy) is 1. The fraction of sp³-hybridized carbons (Fsp3) is 0.214. The van der Waals surface area contributed by atoms with Crippen molar-refractivity contribution >= 4 is 16.9 Å². The van der Waals surface area contributed by atoms with Crippen LogP contribution in [0.5, 0.6) is 5.75 Å². The third kappa shape index (κ3) is 3.33. The van der Waals surface area contributed by atoms with Gasteiger partial charge in [-0.05, 0) is 12.1 Å². The second kappa shape index (κ2) is 6.11. The number of H-pyrrole nitrogens is 1. The molecule has 3 aromatic rings. The molecule has 0 radical (unpaired) electrons. The number of anilines is 1. The Hall–Kier alpha value is -2.84. The molecule has 0 fully saturated rings. The van der Waals surface area contributed by atoms with Gasteiger partial charge in [-0.2, -0.15) is 18.3 Å². The third-order valence-electron chi connectivity index (χ3n) is 3.09. The smallest absolute Gasteiger partial charge is 0.419 e. The molecule has 0 aliphatic carbocycles. The van der Waals surface area contributed by atoms with Gasteiger partial charge in [0, 0.05) is 0 Å². The molecule has 2 heterocycles. The van der Waals surface area contributed by atoms with Gasteiger partial charge >= 0.3 is 6.18 Å². The number of aromatic nitrogens is 4. The number of rotatable bonds is 5. The zero-order valence-electron chi connectivity index (χ0n) is 11.8. The van der Waals surface area contributed by atoms with E-state index in [2.05, 4.69) is 25.5 Å². The average molecular weight is 323 g/mol. The van der Waals surface area contributed by atoms with Crippen LogP contribution in [0.15, 0.2) is 36.8 Å². The number of nitrogens with one attached hydrogen (secondary N) is 2. The van der Waals surface area contributed by atoms with Crippen molar-refractivity contribution in [3.05, 3.63) is 42.4 Å². The summed E-state index contributed by atoms with van der Waals surface area (Å²) in [6, 6.07) is 5.10. The Bertz CT molecular complexity index is 802. The highest BCUT2D eigenvalue weighted by Crippen LogP contribution is 2.35. The van der Waals surface area contributed by atoms with Gasteiger partial charge in [0.2, 0.25) is 0 Å². The van der Waals surface area contributed by atoms with Crippen molar-refractivity contribution < 1.29 is 17.9 Å². The van der Waals surface area contributed by atoms with Crippen LogP contribution in [-0.2, 0) is 6.18 Å². The summed E-state index contributed by atoms with van der Waals surface area (Å²) in [6.45, 7) is 0.333. The van der Waals surface area contributed by atoms with Gasteiger partial charge in [-0.15, -0.1) is 0 Å². The fourth-order valence-corrected chi connectivity index (χ4v) is 2.06. The Kier molecular flexibility index (Phi) is 4.00. The maximum absolute atomic E-state index is 12.8. The molecule has 6 nitrogen and oxygen atoms in total. The molecule has 0 aliphatic rings. The van der Waals surface area contributed by atoms with Crippen molar-refractivity contribution in [1.29, 1.82) is 0 Å². The van der Waals surface area contributed by atoms with Gasteiger partial charge in [-0.1, -0.05) is 12.1 Å². The summed E-state index contributed by atoms with van der Waals surface area (Å²) in [7, 11) is 0. The summed E-state index contributed by atoms with van der Waals surface area (Å²) < 4.78 is 43.7. The number of hydrogen-bond donors (Lipinski definition) is 2. The molecule has 0 saturated carbocycles. The third-order valence-corrected chi connectivity index (χ3v) is 3.09. The van der Waals surface area contributed by atoms with E-state index >= 15 is 0 Å². The van der Waals surface area contributed by atoms with Gasteiger partial charge in [-0.25, -0.2) is 9.97 Å². The number of aromatic amines is 1. The Morgan fingerprint density at radius 1 is 1.17 bits per heavy atom. The number of halogens is 3. The Labute approximate surface area is 128 Å². The van der Waals surface area contributed by atoms with Crippen LogP contribution in [0.1, 0.15) is 5.56 Å². The molecular formula is C14H12F3N5O. The maximum Gasteiger partial charge on any atom is 0.419 e. The minimum absolute atomic E-state index is 0.0520. The van der Waals surface area contributed by atoms with E-state index in [0.29, 0.717) is 16.9 Å². The SMILES string of the molecule is FC(F)(F)c1ccccc1OCCNc1ncnc2[nH]ncc12. The molecule has 0 unspecified atom stereocenters. The van der Waals surface area contributed by atoms with Crippen LogP contribution in [0.3, 0.4) is 0 Å². The van der Waals surface area contributed by atoms with E-state index in [1.807, 2.05) is 0 Å². The van der Waals surface area contributed by atoms with Crippen LogP contribution in [0.2, 0.25) is 0 Å². The maximum atomic E-state index is 12.8. The first-order valence-corrected chi connectivity index (χ1v) is 6.72. The van der Waals surface area contributed by atoms with Crippen LogP contribution >= 0.6 is 0 Å². The topological polar surface area (TPSA) is 75.7 Å². The number of para-hydroxylation sites is 1. The van der Waals surface area contributed by atoms with Crippen molar-refractivity contribution in [3.63, 3.8) is 0 Å². The van der Waals surface area contributed by atoms with E-state index in [4.69, 9.17) is 4.74 Å². The van der Waals surface area contributed by atoms with Crippen molar-refractivity contribution in [2.45, 2.75) is 6.18 Å². The Morgan fingerprint density at radius 2 is 2.00 bits per heavy atom. The summed E-state index contributed by atoms with van der Waals surface area (Å²) in [6.07, 6.45) is -1.51. The highest BCUT2D eigenvalue weighted by Gasteiger charge is 2.33. The van der Waals surface area contributed by atoms with Gasteiger partial charge in [0.25, 0.3) is 0 Å². The summed E-state index contributed by atoms with van der Waals surface area (Å²) >= 11 is 0. The van der Waals surface area contributed by atoms with E-state index in [-0.39, 0.29) is 18.9 Å². The zero-order chi connectivity index (χ0) is 16.3. The van der Waals surface area contributed by atoms with Crippen LogP contribution in [0, 0.1) is 0 Å². The Morgan fingerprint density at radius 3 is 2.83 bits per heavy atom. The minimum Gasteiger partial charge on any atom is -0.491 e. The quantitative estimate of drug-likeness (QED) is 0.706. The molecule has 9 heteroatoms. The molecule has 0 spiro atoms. The van der Waals surface area contributed by atoms with E-state index < -0.39 is 11.7 Å². The number of fused-ring (bicyclic) bond motifs is 1. The number of alkyl halides is 3. The van der Waals surface area contributed by atoms with Crippen molar-refractivity contribution in [1.82, 2.24) is 20.2 Å². The molecule has 0 aliphatic heterocycles. The van der Waals surface area contributed by atoms with Gasteiger partial charge in [0.15, 0.2) is 5.65 Å². The molecule has 0 saturated heterocycles. The molecule has 0 atom stereocenters. The lowest BCUT2D eigenvalue weighted by Crippen LogP contribution is -2.15. The highest BCUT2D eigenvalue weighted by atomic mass is 19.4. The standard InChI is InChI=1S/C14H12F3N5O/c15-14(16,17)10-3-1-2-4-11(10)23-6-5-18-12-9-7-21-22-13(9)20-8-19-12/h1-4,7-8H,5-6H2,(H2,18,19,20,21,22). The number of nitrogens with zero attached hydrogens (tertiary/aromatic N) is 3. The van der Waals surface area contributed by atoms with E-state index in [1.165, 1.54) is 24.5 Å². The molecule has 2 aromatic heterocycles. The molecule has 3 rings (SSSR count).